The summed E-state index contributed by atoms with van der Waals surface area (Å²) in [6.45, 7) is 2.70. The van der Waals surface area contributed by atoms with Crippen molar-refractivity contribution in [2.75, 3.05) is 30.4 Å². The van der Waals surface area contributed by atoms with E-state index in [1.54, 1.807) is 72.1 Å². The van der Waals surface area contributed by atoms with Gasteiger partial charge in [0.1, 0.15) is 11.8 Å². The SMILES string of the molecule is CC(=O)NCC(=O)Nc1ccc(C=CC(=O)NCC(=O)N(C)c2ccc(Cl)c(COc3cccn4c(Cl)c(C)nc34)c2Cl)cc1. The van der Waals surface area contributed by atoms with Gasteiger partial charge in [-0.25, -0.2) is 4.98 Å². The van der Waals surface area contributed by atoms with Gasteiger partial charge in [-0.1, -0.05) is 46.9 Å². The number of nitrogens with one attached hydrogen (secondary N) is 3. The quantitative estimate of drug-likeness (QED) is 0.191. The molecule has 0 aliphatic heterocycles. The summed E-state index contributed by atoms with van der Waals surface area (Å²) in [4.78, 5) is 53.8. The lowest BCUT2D eigenvalue weighted by molar-refractivity contribution is -0.122. The maximum absolute atomic E-state index is 12.9. The van der Waals surface area contributed by atoms with Crippen LogP contribution in [0.3, 0.4) is 0 Å². The third-order valence-electron chi connectivity index (χ3n) is 6.52. The Balaban J connectivity index is 1.32. The standard InChI is InChI=1S/C31H29Cl3N6O5/c1-18-30(34)40-14-4-5-25(31(40)37-18)45-17-22-23(32)11-12-24(29(22)33)39(3)28(44)16-36-26(42)13-8-20-6-9-21(10-7-20)38-27(43)15-35-19(2)41/h4-14H,15-17H2,1-3H3,(H,35,41)(H,36,42)(H,38,43). The van der Waals surface area contributed by atoms with E-state index in [-0.39, 0.29) is 36.5 Å². The van der Waals surface area contributed by atoms with E-state index in [9.17, 15) is 19.2 Å². The van der Waals surface area contributed by atoms with Crippen LogP contribution in [0.5, 0.6) is 5.75 Å². The average Bonchev–Trinajstić information content (AvgIpc) is 3.31. The number of halogens is 3. The fourth-order valence-corrected chi connectivity index (χ4v) is 4.89. The van der Waals surface area contributed by atoms with Gasteiger partial charge in [0.2, 0.25) is 23.6 Å². The summed E-state index contributed by atoms with van der Waals surface area (Å²) < 4.78 is 7.71. The van der Waals surface area contributed by atoms with E-state index in [2.05, 4.69) is 20.9 Å². The minimum Gasteiger partial charge on any atom is -0.485 e. The summed E-state index contributed by atoms with van der Waals surface area (Å²) in [7, 11) is 1.54. The lowest BCUT2D eigenvalue weighted by atomic mass is 10.2. The summed E-state index contributed by atoms with van der Waals surface area (Å²) in [6, 6.07) is 13.5. The van der Waals surface area contributed by atoms with Crippen LogP contribution in [0.25, 0.3) is 11.7 Å². The monoisotopic (exact) mass is 670 g/mol. The van der Waals surface area contributed by atoms with Gasteiger partial charge < -0.3 is 25.6 Å². The van der Waals surface area contributed by atoms with Gasteiger partial charge in [0.05, 0.1) is 29.5 Å². The van der Waals surface area contributed by atoms with Gasteiger partial charge in [-0.05, 0) is 55.0 Å². The van der Waals surface area contributed by atoms with Gasteiger partial charge >= 0.3 is 0 Å². The van der Waals surface area contributed by atoms with Crippen LogP contribution < -0.4 is 25.6 Å². The maximum Gasteiger partial charge on any atom is 0.246 e. The smallest absolute Gasteiger partial charge is 0.246 e. The van der Waals surface area contributed by atoms with E-state index in [1.165, 1.54) is 24.9 Å². The molecule has 45 heavy (non-hydrogen) atoms. The summed E-state index contributed by atoms with van der Waals surface area (Å²) in [5, 5.41) is 8.68. The van der Waals surface area contributed by atoms with Crippen molar-refractivity contribution in [2.45, 2.75) is 20.5 Å². The second kappa shape index (κ2) is 14.9. The van der Waals surface area contributed by atoms with Crippen LogP contribution in [0.15, 0.2) is 60.8 Å². The molecule has 0 saturated carbocycles. The first-order valence-electron chi connectivity index (χ1n) is 13.5. The molecule has 2 aromatic carbocycles. The van der Waals surface area contributed by atoms with Crippen molar-refractivity contribution in [3.8, 4) is 5.75 Å². The van der Waals surface area contributed by atoms with Gasteiger partial charge in [-0.2, -0.15) is 0 Å². The van der Waals surface area contributed by atoms with Crippen LogP contribution >= 0.6 is 34.8 Å². The third kappa shape index (κ3) is 8.53. The van der Waals surface area contributed by atoms with Crippen molar-refractivity contribution in [3.05, 3.63) is 92.8 Å². The summed E-state index contributed by atoms with van der Waals surface area (Å²) >= 11 is 19.4. The molecule has 2 aromatic heterocycles. The molecule has 0 bridgehead atoms. The Morgan fingerprint density at radius 2 is 1.73 bits per heavy atom. The lowest BCUT2D eigenvalue weighted by Gasteiger charge is -2.21. The summed E-state index contributed by atoms with van der Waals surface area (Å²) in [5.74, 6) is -1.09. The van der Waals surface area contributed by atoms with E-state index in [0.29, 0.717) is 49.8 Å². The number of rotatable bonds is 11. The van der Waals surface area contributed by atoms with Crippen molar-refractivity contribution < 1.29 is 23.9 Å². The zero-order chi connectivity index (χ0) is 32.7. The highest BCUT2D eigenvalue weighted by atomic mass is 35.5. The molecule has 11 nitrogen and oxygen atoms in total. The van der Waals surface area contributed by atoms with E-state index in [1.807, 2.05) is 0 Å². The number of aromatic nitrogens is 2. The second-order valence-electron chi connectivity index (χ2n) is 9.79. The number of pyridine rings is 1. The number of carbonyl (C=O) groups excluding carboxylic acids is 4. The second-order valence-corrected chi connectivity index (χ2v) is 10.9. The van der Waals surface area contributed by atoms with Crippen molar-refractivity contribution in [1.29, 1.82) is 0 Å². The largest absolute Gasteiger partial charge is 0.485 e. The number of amides is 4. The number of hydrogen-bond donors (Lipinski definition) is 3. The molecule has 4 aromatic rings. The Hall–Kier alpha value is -4.58. The first kappa shape index (κ1) is 33.3. The zero-order valence-corrected chi connectivity index (χ0v) is 26.8. The minimum absolute atomic E-state index is 0.00267. The minimum atomic E-state index is -0.482. The topological polar surface area (TPSA) is 134 Å². The number of aryl methyl sites for hydroxylation is 1. The van der Waals surface area contributed by atoms with E-state index >= 15 is 0 Å². The molecule has 4 rings (SSSR count). The normalized spacial score (nSPS) is 11.0. The number of benzene rings is 2. The van der Waals surface area contributed by atoms with E-state index in [0.717, 1.165) is 0 Å². The number of nitrogens with zero attached hydrogens (tertiary/aromatic N) is 3. The van der Waals surface area contributed by atoms with Crippen molar-refractivity contribution in [1.82, 2.24) is 20.0 Å². The van der Waals surface area contributed by atoms with Crippen LogP contribution in [0.2, 0.25) is 15.2 Å². The highest BCUT2D eigenvalue weighted by Gasteiger charge is 2.20. The molecule has 0 spiro atoms. The van der Waals surface area contributed by atoms with Gasteiger partial charge in [0, 0.05) is 42.5 Å². The fourth-order valence-electron chi connectivity index (χ4n) is 4.10. The molecule has 2 heterocycles. The van der Waals surface area contributed by atoms with Crippen molar-refractivity contribution >= 4 is 81.5 Å². The highest BCUT2D eigenvalue weighted by molar-refractivity contribution is 6.38. The zero-order valence-electron chi connectivity index (χ0n) is 24.5. The number of carbonyl (C=O) groups is 4. The van der Waals surface area contributed by atoms with Gasteiger partial charge in [-0.3, -0.25) is 23.6 Å². The first-order chi connectivity index (χ1) is 21.4. The number of fused-ring (bicyclic) bond motifs is 1. The molecule has 0 aliphatic rings. The molecule has 4 amide bonds. The van der Waals surface area contributed by atoms with Gasteiger partial charge in [0.15, 0.2) is 11.4 Å². The Morgan fingerprint density at radius 3 is 2.44 bits per heavy atom. The molecule has 0 atom stereocenters. The Morgan fingerprint density at radius 1 is 1.00 bits per heavy atom. The molecular weight excluding hydrogens is 643 g/mol. The molecule has 0 saturated heterocycles. The third-order valence-corrected chi connectivity index (χ3v) is 7.75. The Bertz CT molecular complexity index is 1790. The number of hydrogen-bond acceptors (Lipinski definition) is 6. The Kier molecular flexibility index (Phi) is 11.1. The summed E-state index contributed by atoms with van der Waals surface area (Å²) in [6.07, 6.45) is 4.63. The average molecular weight is 672 g/mol. The molecule has 234 valence electrons. The number of anilines is 2. The molecule has 14 heteroatoms. The van der Waals surface area contributed by atoms with Crippen LogP contribution in [0.4, 0.5) is 11.4 Å². The number of imidazole rings is 1. The predicted octanol–water partition coefficient (Wildman–Crippen LogP) is 5.05. The molecule has 0 unspecified atom stereocenters. The van der Waals surface area contributed by atoms with Gasteiger partial charge in [0.25, 0.3) is 0 Å². The van der Waals surface area contributed by atoms with Crippen molar-refractivity contribution in [2.24, 2.45) is 0 Å². The predicted molar refractivity (Wildman–Crippen MR) is 175 cm³/mol. The maximum atomic E-state index is 12.9. The molecule has 0 fully saturated rings. The highest BCUT2D eigenvalue weighted by Crippen LogP contribution is 2.35. The first-order valence-corrected chi connectivity index (χ1v) is 14.7. The number of ether oxygens (including phenoxy) is 1. The Labute approximate surface area is 274 Å². The van der Waals surface area contributed by atoms with Crippen LogP contribution in [-0.2, 0) is 25.8 Å². The van der Waals surface area contributed by atoms with E-state index < -0.39 is 11.8 Å². The fraction of sp³-hybridized carbons (Fsp3) is 0.194. The molecule has 0 radical (unpaired) electrons. The van der Waals surface area contributed by atoms with Crippen LogP contribution in [-0.4, -0.2) is 53.2 Å². The van der Waals surface area contributed by atoms with Crippen LogP contribution in [0.1, 0.15) is 23.7 Å². The van der Waals surface area contributed by atoms with Gasteiger partial charge in [-0.15, -0.1) is 0 Å². The van der Waals surface area contributed by atoms with E-state index in [4.69, 9.17) is 39.5 Å². The molecule has 0 aliphatic carbocycles. The number of likely N-dealkylation sites (N-methyl/N-ethyl adjacent to an activating group) is 1. The van der Waals surface area contributed by atoms with Crippen molar-refractivity contribution in [3.63, 3.8) is 0 Å². The summed E-state index contributed by atoms with van der Waals surface area (Å²) in [5.41, 5.74) is 3.28. The van der Waals surface area contributed by atoms with Crippen LogP contribution in [0, 0.1) is 6.92 Å². The molecule has 3 N–H and O–H groups in total. The lowest BCUT2D eigenvalue weighted by Crippen LogP contribution is -2.37. The molecular formula is C31H29Cl3N6O5.